The van der Waals surface area contributed by atoms with Gasteiger partial charge in [0.25, 0.3) is 0 Å². The van der Waals surface area contributed by atoms with E-state index in [2.05, 4.69) is 48.4 Å². The summed E-state index contributed by atoms with van der Waals surface area (Å²) in [5, 5.41) is 4.69. The largest absolute Gasteiger partial charge is 0.384 e. The Kier molecular flexibility index (Phi) is 3.09. The molecular formula is C14H18N2. The van der Waals surface area contributed by atoms with Gasteiger partial charge in [-0.1, -0.05) is 32.0 Å². The molecule has 0 aliphatic carbocycles. The molecule has 1 aromatic carbocycles. The van der Waals surface area contributed by atoms with Crippen LogP contribution >= 0.6 is 0 Å². The van der Waals surface area contributed by atoms with E-state index < -0.39 is 0 Å². The molecule has 0 spiro atoms. The second-order valence-electron chi connectivity index (χ2n) is 4.60. The van der Waals surface area contributed by atoms with Crippen molar-refractivity contribution in [1.82, 2.24) is 4.98 Å². The van der Waals surface area contributed by atoms with Gasteiger partial charge >= 0.3 is 0 Å². The number of para-hydroxylation sites is 1. The van der Waals surface area contributed by atoms with E-state index in [1.807, 2.05) is 13.0 Å². The Morgan fingerprint density at radius 1 is 1.25 bits per heavy atom. The topological polar surface area (TPSA) is 24.9 Å². The molecule has 84 valence electrons. The second-order valence-corrected chi connectivity index (χ2v) is 4.60. The van der Waals surface area contributed by atoms with Gasteiger partial charge in [0, 0.05) is 23.3 Å². The smallest absolute Gasteiger partial charge is 0.0725 e. The molecule has 0 saturated carbocycles. The van der Waals surface area contributed by atoms with E-state index in [0.29, 0.717) is 5.92 Å². The fourth-order valence-electron chi connectivity index (χ4n) is 1.77. The van der Waals surface area contributed by atoms with Gasteiger partial charge in [0.15, 0.2) is 0 Å². The minimum absolute atomic E-state index is 0.646. The molecular weight excluding hydrogens is 196 g/mol. The maximum atomic E-state index is 4.52. The van der Waals surface area contributed by atoms with Gasteiger partial charge in [-0.2, -0.15) is 0 Å². The van der Waals surface area contributed by atoms with E-state index >= 15 is 0 Å². The Bertz CT molecular complexity index is 489. The molecule has 0 radical (unpaired) electrons. The third kappa shape index (κ3) is 2.32. The van der Waals surface area contributed by atoms with Crippen LogP contribution < -0.4 is 5.32 Å². The molecule has 2 heteroatoms. The number of nitrogens with one attached hydrogen (secondary N) is 1. The van der Waals surface area contributed by atoms with Crippen LogP contribution in [0.1, 0.15) is 19.5 Å². The summed E-state index contributed by atoms with van der Waals surface area (Å²) in [6.45, 7) is 7.45. The lowest BCUT2D eigenvalue weighted by atomic mass is 10.1. The zero-order valence-corrected chi connectivity index (χ0v) is 10.1. The van der Waals surface area contributed by atoms with Crippen LogP contribution in [0.4, 0.5) is 5.69 Å². The average molecular weight is 214 g/mol. The fourth-order valence-corrected chi connectivity index (χ4v) is 1.77. The lowest BCUT2D eigenvalue weighted by Crippen LogP contribution is -2.08. The summed E-state index contributed by atoms with van der Waals surface area (Å²) < 4.78 is 0. The number of pyridine rings is 1. The van der Waals surface area contributed by atoms with Crippen molar-refractivity contribution < 1.29 is 0 Å². The van der Waals surface area contributed by atoms with Crippen LogP contribution in [0.5, 0.6) is 0 Å². The molecule has 1 aromatic heterocycles. The lowest BCUT2D eigenvalue weighted by molar-refractivity contribution is 0.689. The maximum Gasteiger partial charge on any atom is 0.0725 e. The Labute approximate surface area is 96.7 Å². The molecule has 1 N–H and O–H groups in total. The van der Waals surface area contributed by atoms with Crippen molar-refractivity contribution in [3.8, 4) is 0 Å². The summed E-state index contributed by atoms with van der Waals surface area (Å²) >= 11 is 0. The van der Waals surface area contributed by atoms with E-state index in [-0.39, 0.29) is 0 Å². The highest BCUT2D eigenvalue weighted by Crippen LogP contribution is 2.22. The normalized spacial score (nSPS) is 11.0. The predicted octanol–water partition coefficient (Wildman–Crippen LogP) is 3.61. The van der Waals surface area contributed by atoms with Crippen LogP contribution in [-0.2, 0) is 0 Å². The standard InChI is InChI=1S/C14H18N2/c1-10(2)9-15-14-8-11(3)16-13-7-5-4-6-12(13)14/h4-8,10H,9H2,1-3H3,(H,15,16). The van der Waals surface area contributed by atoms with Crippen molar-refractivity contribution in [3.63, 3.8) is 0 Å². The molecule has 0 bridgehead atoms. The first-order valence-corrected chi connectivity index (χ1v) is 5.77. The maximum absolute atomic E-state index is 4.52. The predicted molar refractivity (Wildman–Crippen MR) is 69.8 cm³/mol. The van der Waals surface area contributed by atoms with Crippen molar-refractivity contribution >= 4 is 16.6 Å². The Morgan fingerprint density at radius 2 is 2.00 bits per heavy atom. The van der Waals surface area contributed by atoms with Gasteiger partial charge in [-0.15, -0.1) is 0 Å². The molecule has 0 atom stereocenters. The first kappa shape index (κ1) is 10.9. The van der Waals surface area contributed by atoms with Crippen LogP contribution in [0.15, 0.2) is 30.3 Å². The zero-order chi connectivity index (χ0) is 11.5. The molecule has 0 amide bonds. The number of anilines is 1. The van der Waals surface area contributed by atoms with Gasteiger partial charge < -0.3 is 5.32 Å². The number of hydrogen-bond donors (Lipinski definition) is 1. The Hall–Kier alpha value is -1.57. The molecule has 0 aliphatic heterocycles. The molecule has 2 rings (SSSR count). The summed E-state index contributed by atoms with van der Waals surface area (Å²) in [6, 6.07) is 10.4. The molecule has 0 unspecified atom stereocenters. The minimum Gasteiger partial charge on any atom is -0.384 e. The summed E-state index contributed by atoms with van der Waals surface area (Å²) in [5.74, 6) is 0.646. The van der Waals surface area contributed by atoms with Crippen LogP contribution in [0.3, 0.4) is 0 Å². The van der Waals surface area contributed by atoms with Crippen LogP contribution in [-0.4, -0.2) is 11.5 Å². The van der Waals surface area contributed by atoms with Crippen molar-refractivity contribution in [2.24, 2.45) is 5.92 Å². The molecule has 0 aliphatic rings. The molecule has 0 saturated heterocycles. The number of benzene rings is 1. The third-order valence-electron chi connectivity index (χ3n) is 2.55. The molecule has 2 nitrogen and oxygen atoms in total. The second kappa shape index (κ2) is 4.52. The number of nitrogens with zero attached hydrogens (tertiary/aromatic N) is 1. The molecule has 16 heavy (non-hydrogen) atoms. The molecule has 1 heterocycles. The number of fused-ring (bicyclic) bond motifs is 1. The van der Waals surface area contributed by atoms with Crippen molar-refractivity contribution in [1.29, 1.82) is 0 Å². The van der Waals surface area contributed by atoms with Gasteiger partial charge in [0.2, 0.25) is 0 Å². The van der Waals surface area contributed by atoms with E-state index in [1.165, 1.54) is 11.1 Å². The summed E-state index contributed by atoms with van der Waals surface area (Å²) in [4.78, 5) is 4.52. The first-order chi connectivity index (χ1) is 7.66. The molecule has 2 aromatic rings. The average Bonchev–Trinajstić information content (AvgIpc) is 2.25. The summed E-state index contributed by atoms with van der Waals surface area (Å²) in [7, 11) is 0. The lowest BCUT2D eigenvalue weighted by Gasteiger charge is -2.12. The highest BCUT2D eigenvalue weighted by Gasteiger charge is 2.03. The summed E-state index contributed by atoms with van der Waals surface area (Å²) in [5.41, 5.74) is 3.32. The number of rotatable bonds is 3. The Balaban J connectivity index is 2.42. The van der Waals surface area contributed by atoms with Crippen molar-refractivity contribution in [2.45, 2.75) is 20.8 Å². The van der Waals surface area contributed by atoms with Crippen LogP contribution in [0, 0.1) is 12.8 Å². The van der Waals surface area contributed by atoms with E-state index in [4.69, 9.17) is 0 Å². The van der Waals surface area contributed by atoms with Crippen LogP contribution in [0.25, 0.3) is 10.9 Å². The SMILES string of the molecule is Cc1cc(NCC(C)C)c2ccccc2n1. The highest BCUT2D eigenvalue weighted by molar-refractivity contribution is 5.91. The van der Waals surface area contributed by atoms with E-state index in [1.54, 1.807) is 0 Å². The van der Waals surface area contributed by atoms with Crippen LogP contribution in [0.2, 0.25) is 0 Å². The van der Waals surface area contributed by atoms with Gasteiger partial charge in [0.1, 0.15) is 0 Å². The van der Waals surface area contributed by atoms with E-state index in [0.717, 1.165) is 17.8 Å². The van der Waals surface area contributed by atoms with Crippen molar-refractivity contribution in [3.05, 3.63) is 36.0 Å². The van der Waals surface area contributed by atoms with Gasteiger partial charge in [-0.25, -0.2) is 0 Å². The summed E-state index contributed by atoms with van der Waals surface area (Å²) in [6.07, 6.45) is 0. The first-order valence-electron chi connectivity index (χ1n) is 5.77. The fraction of sp³-hybridized carbons (Fsp3) is 0.357. The molecule has 0 fully saturated rings. The van der Waals surface area contributed by atoms with Gasteiger partial charge in [-0.3, -0.25) is 4.98 Å². The third-order valence-corrected chi connectivity index (χ3v) is 2.55. The van der Waals surface area contributed by atoms with Gasteiger partial charge in [0.05, 0.1) is 5.52 Å². The van der Waals surface area contributed by atoms with Crippen molar-refractivity contribution in [2.75, 3.05) is 11.9 Å². The Morgan fingerprint density at radius 3 is 2.75 bits per heavy atom. The van der Waals surface area contributed by atoms with E-state index in [9.17, 15) is 0 Å². The number of hydrogen-bond acceptors (Lipinski definition) is 2. The highest BCUT2D eigenvalue weighted by atomic mass is 14.9. The quantitative estimate of drug-likeness (QED) is 0.844. The minimum atomic E-state index is 0.646. The number of aryl methyl sites for hydroxylation is 1. The number of aromatic nitrogens is 1. The monoisotopic (exact) mass is 214 g/mol. The van der Waals surface area contributed by atoms with Gasteiger partial charge in [-0.05, 0) is 25.0 Å². The zero-order valence-electron chi connectivity index (χ0n) is 10.1.